The zero-order valence-corrected chi connectivity index (χ0v) is 5.16. The Hall–Kier alpha value is -1.45. The minimum atomic E-state index is -0.251. The molecule has 0 aromatic rings. The lowest BCUT2D eigenvalue weighted by Crippen LogP contribution is -2.21. The zero-order chi connectivity index (χ0) is 6.97. The molecule has 0 aliphatic carbocycles. The van der Waals surface area contributed by atoms with E-state index in [-0.39, 0.29) is 5.91 Å². The maximum absolute atomic E-state index is 10.8. The van der Waals surface area contributed by atoms with Gasteiger partial charge in [-0.2, -0.15) is 0 Å². The molecule has 0 unspecified atom stereocenters. The number of hydrogen-bond donors (Lipinski definition) is 1. The van der Waals surface area contributed by atoms with E-state index in [9.17, 15) is 4.79 Å². The van der Waals surface area contributed by atoms with Crippen molar-refractivity contribution in [3.8, 4) is 0 Å². The number of nitrogens with one attached hydrogen (secondary N) is 1. The van der Waals surface area contributed by atoms with Crippen LogP contribution in [0.2, 0.25) is 0 Å². The lowest BCUT2D eigenvalue weighted by atomic mass is 10.3. The van der Waals surface area contributed by atoms with E-state index in [4.69, 9.17) is 0 Å². The maximum atomic E-state index is 10.8. The van der Waals surface area contributed by atoms with Crippen LogP contribution < -0.4 is 5.32 Å². The van der Waals surface area contributed by atoms with Crippen molar-refractivity contribution in [2.75, 3.05) is 6.54 Å². The van der Waals surface area contributed by atoms with Crippen molar-refractivity contribution < 1.29 is 4.79 Å². The van der Waals surface area contributed by atoms with E-state index in [1.54, 1.807) is 6.21 Å². The predicted molar refractivity (Wildman–Crippen MR) is 37.0 cm³/mol. The molecule has 0 aromatic heterocycles. The van der Waals surface area contributed by atoms with Gasteiger partial charge in [-0.05, 0) is 0 Å². The highest BCUT2D eigenvalue weighted by Crippen LogP contribution is 2.11. The summed E-state index contributed by atoms with van der Waals surface area (Å²) >= 11 is 0. The normalized spacial score (nSPS) is 21.4. The fourth-order valence-electron chi connectivity index (χ4n) is 0.907. The Morgan fingerprint density at radius 2 is 2.40 bits per heavy atom. The largest absolute Gasteiger partial charge is 0.377 e. The van der Waals surface area contributed by atoms with Gasteiger partial charge in [-0.1, -0.05) is 0 Å². The summed E-state index contributed by atoms with van der Waals surface area (Å²) in [4.78, 5) is 18.3. The van der Waals surface area contributed by atoms with Crippen molar-refractivity contribution >= 4 is 18.3 Å². The van der Waals surface area contributed by atoms with E-state index in [1.165, 1.54) is 6.21 Å². The summed E-state index contributed by atoms with van der Waals surface area (Å²) in [6, 6.07) is 0. The van der Waals surface area contributed by atoms with Gasteiger partial charge in [0.2, 0.25) is 0 Å². The second kappa shape index (κ2) is 1.76. The van der Waals surface area contributed by atoms with Gasteiger partial charge in [0.15, 0.2) is 5.70 Å². The molecule has 4 nitrogen and oxygen atoms in total. The average Bonchev–Trinajstić information content (AvgIpc) is 2.34. The molecule has 1 amide bonds. The molecule has 4 heteroatoms. The van der Waals surface area contributed by atoms with Crippen LogP contribution in [0.15, 0.2) is 21.4 Å². The van der Waals surface area contributed by atoms with Crippen LogP contribution in [0.4, 0.5) is 0 Å². The van der Waals surface area contributed by atoms with Crippen molar-refractivity contribution in [3.63, 3.8) is 0 Å². The predicted octanol–water partition coefficient (Wildman–Crippen LogP) is -0.517. The van der Waals surface area contributed by atoms with Crippen LogP contribution in [-0.4, -0.2) is 24.9 Å². The van der Waals surface area contributed by atoms with Gasteiger partial charge in [-0.25, -0.2) is 4.99 Å². The van der Waals surface area contributed by atoms with Crippen LogP contribution >= 0.6 is 0 Å². The smallest absolute Gasteiger partial charge is 0.297 e. The van der Waals surface area contributed by atoms with Gasteiger partial charge in [0.1, 0.15) is 0 Å². The van der Waals surface area contributed by atoms with Gasteiger partial charge in [0.05, 0.1) is 18.5 Å². The summed E-state index contributed by atoms with van der Waals surface area (Å²) in [6.45, 7) is 0.679. The van der Waals surface area contributed by atoms with Crippen LogP contribution in [0.25, 0.3) is 0 Å². The molecular weight excluding hydrogens is 130 g/mol. The third-order valence-electron chi connectivity index (χ3n) is 1.37. The minimum Gasteiger partial charge on any atom is -0.377 e. The van der Waals surface area contributed by atoms with E-state index in [0.717, 1.165) is 5.70 Å². The maximum Gasteiger partial charge on any atom is 0.297 e. The number of hydrogen-bond acceptors (Lipinski definition) is 3. The molecule has 0 aromatic carbocycles. The van der Waals surface area contributed by atoms with E-state index in [0.29, 0.717) is 12.2 Å². The molecule has 2 rings (SSSR count). The Kier molecular flexibility index (Phi) is 0.943. The summed E-state index contributed by atoms with van der Waals surface area (Å²) in [6.07, 6.45) is 3.17. The van der Waals surface area contributed by atoms with Crippen LogP contribution in [-0.2, 0) is 4.79 Å². The molecule has 1 N–H and O–H groups in total. The number of aliphatic imine (C=N–C) groups is 2. The molecule has 2 aliphatic heterocycles. The van der Waals surface area contributed by atoms with Gasteiger partial charge in [0.25, 0.3) is 5.91 Å². The SMILES string of the molecule is O=C1N=CC2=C1N=CCN2. The lowest BCUT2D eigenvalue weighted by Gasteiger charge is -2.05. The first-order chi connectivity index (χ1) is 4.88. The van der Waals surface area contributed by atoms with Gasteiger partial charge < -0.3 is 5.32 Å². The summed E-state index contributed by atoms with van der Waals surface area (Å²) in [5.41, 5.74) is 1.18. The number of carbonyl (C=O) groups excluding carboxylic acids is 1. The average molecular weight is 135 g/mol. The van der Waals surface area contributed by atoms with Crippen molar-refractivity contribution in [3.05, 3.63) is 11.4 Å². The second-order valence-corrected chi connectivity index (χ2v) is 2.02. The van der Waals surface area contributed by atoms with Gasteiger partial charge >= 0.3 is 0 Å². The van der Waals surface area contributed by atoms with Crippen molar-refractivity contribution in [1.29, 1.82) is 0 Å². The van der Waals surface area contributed by atoms with Crippen molar-refractivity contribution in [1.82, 2.24) is 5.32 Å². The fourth-order valence-corrected chi connectivity index (χ4v) is 0.907. The van der Waals surface area contributed by atoms with Gasteiger partial charge in [-0.3, -0.25) is 9.79 Å². The first-order valence-corrected chi connectivity index (χ1v) is 2.97. The van der Waals surface area contributed by atoms with E-state index < -0.39 is 0 Å². The fraction of sp³-hybridized carbons (Fsp3) is 0.167. The Morgan fingerprint density at radius 1 is 1.50 bits per heavy atom. The van der Waals surface area contributed by atoms with Crippen LogP contribution in [0.1, 0.15) is 0 Å². The molecule has 0 fully saturated rings. The molecule has 50 valence electrons. The molecule has 0 spiro atoms. The molecule has 0 atom stereocenters. The monoisotopic (exact) mass is 135 g/mol. The first kappa shape index (κ1) is 5.34. The highest BCUT2D eigenvalue weighted by atomic mass is 16.1. The number of carbonyl (C=O) groups is 1. The quantitative estimate of drug-likeness (QED) is 0.486. The summed E-state index contributed by atoms with van der Waals surface area (Å²) in [5.74, 6) is -0.251. The first-order valence-electron chi connectivity index (χ1n) is 2.97. The number of nitrogens with zero attached hydrogens (tertiary/aromatic N) is 2. The Bertz CT molecular complexity index is 275. The van der Waals surface area contributed by atoms with Crippen molar-refractivity contribution in [2.45, 2.75) is 0 Å². The molecule has 0 radical (unpaired) electrons. The highest BCUT2D eigenvalue weighted by molar-refractivity contribution is 6.11. The molecule has 2 heterocycles. The van der Waals surface area contributed by atoms with Crippen LogP contribution in [0, 0.1) is 0 Å². The lowest BCUT2D eigenvalue weighted by molar-refractivity contribution is -0.114. The summed E-state index contributed by atoms with van der Waals surface area (Å²) in [7, 11) is 0. The summed E-state index contributed by atoms with van der Waals surface area (Å²) in [5, 5.41) is 2.97. The minimum absolute atomic E-state index is 0.251. The molecule has 0 saturated carbocycles. The molecule has 10 heavy (non-hydrogen) atoms. The van der Waals surface area contributed by atoms with Gasteiger partial charge in [-0.15, -0.1) is 0 Å². The third kappa shape index (κ3) is 0.586. The Balaban J connectivity index is 2.46. The van der Waals surface area contributed by atoms with E-state index in [1.807, 2.05) is 0 Å². The highest BCUT2D eigenvalue weighted by Gasteiger charge is 2.19. The Labute approximate surface area is 57.4 Å². The number of amides is 1. The third-order valence-corrected chi connectivity index (χ3v) is 1.37. The Morgan fingerprint density at radius 3 is 3.20 bits per heavy atom. The zero-order valence-electron chi connectivity index (χ0n) is 5.16. The van der Waals surface area contributed by atoms with Gasteiger partial charge in [0, 0.05) is 6.21 Å². The molecular formula is C6H5N3O. The topological polar surface area (TPSA) is 53.8 Å². The van der Waals surface area contributed by atoms with Crippen LogP contribution in [0.3, 0.4) is 0 Å². The molecule has 0 bridgehead atoms. The summed E-state index contributed by atoms with van der Waals surface area (Å²) < 4.78 is 0. The molecule has 2 aliphatic rings. The number of allylic oxidation sites excluding steroid dienone is 1. The standard InChI is InChI=1S/C6H5N3O/c10-6-5-4(3-9-6)7-1-2-8-5/h2-3,7H,1H2. The van der Waals surface area contributed by atoms with Crippen molar-refractivity contribution in [2.24, 2.45) is 9.98 Å². The number of rotatable bonds is 0. The van der Waals surface area contributed by atoms with E-state index >= 15 is 0 Å². The van der Waals surface area contributed by atoms with Crippen LogP contribution in [0.5, 0.6) is 0 Å². The molecule has 0 saturated heterocycles. The second-order valence-electron chi connectivity index (χ2n) is 2.02. The van der Waals surface area contributed by atoms with E-state index in [2.05, 4.69) is 15.3 Å².